The number of nitrogen functional groups attached to an aromatic ring is 1. The van der Waals surface area contributed by atoms with E-state index in [9.17, 15) is 9.18 Å². The van der Waals surface area contributed by atoms with Gasteiger partial charge in [0.1, 0.15) is 23.5 Å². The van der Waals surface area contributed by atoms with Gasteiger partial charge >= 0.3 is 0 Å². The van der Waals surface area contributed by atoms with Gasteiger partial charge in [0, 0.05) is 6.54 Å². The molecule has 1 aliphatic heterocycles. The van der Waals surface area contributed by atoms with Crippen molar-refractivity contribution >= 4 is 11.7 Å². The molecular weight excluding hydrogens is 313 g/mol. The minimum absolute atomic E-state index is 0.108. The van der Waals surface area contributed by atoms with Crippen molar-refractivity contribution in [3.63, 3.8) is 0 Å². The summed E-state index contributed by atoms with van der Waals surface area (Å²) >= 11 is 0. The van der Waals surface area contributed by atoms with E-state index in [1.54, 1.807) is 17.0 Å². The molecule has 1 amide bonds. The Morgan fingerprint density at radius 3 is 2.88 bits per heavy atom. The third-order valence-electron chi connectivity index (χ3n) is 3.72. The van der Waals surface area contributed by atoms with Crippen LogP contribution in [0.25, 0.3) is 0 Å². The third kappa shape index (κ3) is 3.99. The van der Waals surface area contributed by atoms with Crippen molar-refractivity contribution in [2.45, 2.75) is 6.10 Å². The first-order chi connectivity index (χ1) is 11.6. The normalized spacial score (nSPS) is 17.5. The second-order valence-corrected chi connectivity index (χ2v) is 5.43. The SMILES string of the molecule is Nc1cccc([C@@H]2CN(C(=O)COc3ccc(F)cc3)CCO2)n1. The standard InChI is InChI=1S/C17H18FN3O3/c18-12-4-6-13(7-5-12)24-11-17(22)21-8-9-23-15(10-21)14-2-1-3-16(19)20-14/h1-7,15H,8-11H2,(H2,19,20)/t15-/m0/s1. The number of aromatic nitrogens is 1. The Morgan fingerprint density at radius 1 is 1.33 bits per heavy atom. The van der Waals surface area contributed by atoms with Crippen LogP contribution < -0.4 is 10.5 Å². The molecule has 1 aromatic carbocycles. The Hall–Kier alpha value is -2.67. The summed E-state index contributed by atoms with van der Waals surface area (Å²) in [6.07, 6.45) is -0.308. The molecule has 0 bridgehead atoms. The van der Waals surface area contributed by atoms with E-state index in [1.807, 2.05) is 6.07 Å². The molecule has 7 heteroatoms. The molecule has 1 saturated heterocycles. The van der Waals surface area contributed by atoms with Gasteiger partial charge in [-0.05, 0) is 36.4 Å². The van der Waals surface area contributed by atoms with Crippen LogP contribution in [0.5, 0.6) is 5.75 Å². The van der Waals surface area contributed by atoms with Crippen LogP contribution in [0.1, 0.15) is 11.8 Å². The second kappa shape index (κ2) is 7.27. The lowest BCUT2D eigenvalue weighted by atomic mass is 10.2. The van der Waals surface area contributed by atoms with E-state index in [0.29, 0.717) is 37.0 Å². The van der Waals surface area contributed by atoms with Gasteiger partial charge in [-0.2, -0.15) is 0 Å². The Balaban J connectivity index is 1.57. The van der Waals surface area contributed by atoms with Gasteiger partial charge < -0.3 is 20.1 Å². The highest BCUT2D eigenvalue weighted by atomic mass is 19.1. The van der Waals surface area contributed by atoms with Gasteiger partial charge in [-0.15, -0.1) is 0 Å². The quantitative estimate of drug-likeness (QED) is 0.924. The van der Waals surface area contributed by atoms with Crippen molar-refractivity contribution in [1.29, 1.82) is 0 Å². The fraction of sp³-hybridized carbons (Fsp3) is 0.294. The average Bonchev–Trinajstić information content (AvgIpc) is 2.61. The van der Waals surface area contributed by atoms with E-state index in [1.165, 1.54) is 24.3 Å². The lowest BCUT2D eigenvalue weighted by Crippen LogP contribution is -2.44. The van der Waals surface area contributed by atoms with Crippen LogP contribution in [0.4, 0.5) is 10.2 Å². The Kier molecular flexibility index (Phi) is 4.90. The number of benzene rings is 1. The number of carbonyl (C=O) groups is 1. The van der Waals surface area contributed by atoms with Crippen LogP contribution >= 0.6 is 0 Å². The molecule has 0 unspecified atom stereocenters. The van der Waals surface area contributed by atoms with E-state index in [0.717, 1.165) is 0 Å². The number of pyridine rings is 1. The molecule has 0 radical (unpaired) electrons. The smallest absolute Gasteiger partial charge is 0.260 e. The highest BCUT2D eigenvalue weighted by Gasteiger charge is 2.26. The van der Waals surface area contributed by atoms with Gasteiger partial charge in [0.2, 0.25) is 0 Å². The molecule has 0 spiro atoms. The van der Waals surface area contributed by atoms with E-state index in [-0.39, 0.29) is 24.4 Å². The zero-order valence-corrected chi connectivity index (χ0v) is 13.0. The number of hydrogen-bond donors (Lipinski definition) is 1. The number of amides is 1. The monoisotopic (exact) mass is 331 g/mol. The third-order valence-corrected chi connectivity index (χ3v) is 3.72. The molecule has 1 aromatic heterocycles. The number of halogens is 1. The molecule has 0 saturated carbocycles. The van der Waals surface area contributed by atoms with Gasteiger partial charge in [0.25, 0.3) is 5.91 Å². The predicted octanol–water partition coefficient (Wildman–Crippen LogP) is 1.78. The summed E-state index contributed by atoms with van der Waals surface area (Å²) in [5, 5.41) is 0. The van der Waals surface area contributed by atoms with E-state index in [2.05, 4.69) is 4.98 Å². The number of ether oxygens (including phenoxy) is 2. The van der Waals surface area contributed by atoms with Gasteiger partial charge in [-0.25, -0.2) is 9.37 Å². The molecule has 126 valence electrons. The van der Waals surface area contributed by atoms with Crippen molar-refractivity contribution in [2.75, 3.05) is 32.0 Å². The number of anilines is 1. The Labute approximate surface area is 139 Å². The molecule has 24 heavy (non-hydrogen) atoms. The highest BCUT2D eigenvalue weighted by Crippen LogP contribution is 2.21. The zero-order chi connectivity index (χ0) is 16.9. The van der Waals surface area contributed by atoms with Crippen LogP contribution in [0, 0.1) is 5.82 Å². The van der Waals surface area contributed by atoms with Crippen LogP contribution in [0.3, 0.4) is 0 Å². The summed E-state index contributed by atoms with van der Waals surface area (Å²) in [5.74, 6) is 0.363. The number of hydrogen-bond acceptors (Lipinski definition) is 5. The Morgan fingerprint density at radius 2 is 2.12 bits per heavy atom. The lowest BCUT2D eigenvalue weighted by molar-refractivity contribution is -0.141. The maximum Gasteiger partial charge on any atom is 0.260 e. The molecule has 3 rings (SSSR count). The second-order valence-electron chi connectivity index (χ2n) is 5.43. The van der Waals surface area contributed by atoms with Crippen molar-refractivity contribution in [1.82, 2.24) is 9.88 Å². The molecule has 1 aliphatic rings. The largest absolute Gasteiger partial charge is 0.484 e. The first kappa shape index (κ1) is 16.2. The minimum atomic E-state index is -0.348. The predicted molar refractivity (Wildman–Crippen MR) is 85.8 cm³/mol. The van der Waals surface area contributed by atoms with Gasteiger partial charge in [-0.1, -0.05) is 6.07 Å². The molecule has 1 atom stereocenters. The van der Waals surface area contributed by atoms with Crippen LogP contribution in [-0.4, -0.2) is 42.1 Å². The fourth-order valence-electron chi connectivity index (χ4n) is 2.47. The summed E-state index contributed by atoms with van der Waals surface area (Å²) < 4.78 is 23.9. The van der Waals surface area contributed by atoms with Crippen molar-refractivity contribution in [3.05, 3.63) is 54.0 Å². The zero-order valence-electron chi connectivity index (χ0n) is 13.0. The molecule has 0 aliphatic carbocycles. The molecule has 2 N–H and O–H groups in total. The lowest BCUT2D eigenvalue weighted by Gasteiger charge is -2.32. The van der Waals surface area contributed by atoms with E-state index in [4.69, 9.17) is 15.2 Å². The maximum atomic E-state index is 12.8. The minimum Gasteiger partial charge on any atom is -0.484 e. The van der Waals surface area contributed by atoms with Crippen molar-refractivity contribution < 1.29 is 18.7 Å². The number of nitrogens with zero attached hydrogens (tertiary/aromatic N) is 2. The van der Waals surface area contributed by atoms with Crippen molar-refractivity contribution in [2.24, 2.45) is 0 Å². The number of nitrogens with two attached hydrogens (primary N) is 1. The summed E-state index contributed by atoms with van der Waals surface area (Å²) in [5.41, 5.74) is 6.39. The van der Waals surface area contributed by atoms with E-state index < -0.39 is 0 Å². The van der Waals surface area contributed by atoms with Gasteiger partial charge in [-0.3, -0.25) is 4.79 Å². The van der Waals surface area contributed by atoms with Gasteiger partial charge in [0.15, 0.2) is 6.61 Å². The highest BCUT2D eigenvalue weighted by molar-refractivity contribution is 5.78. The average molecular weight is 331 g/mol. The Bertz CT molecular complexity index is 708. The number of carbonyl (C=O) groups excluding carboxylic acids is 1. The molecular formula is C17H18FN3O3. The summed E-state index contributed by atoms with van der Waals surface area (Å²) in [7, 11) is 0. The number of morpholine rings is 1. The topological polar surface area (TPSA) is 77.7 Å². The summed E-state index contributed by atoms with van der Waals surface area (Å²) in [4.78, 5) is 18.2. The fourth-order valence-corrected chi connectivity index (χ4v) is 2.47. The molecule has 2 heterocycles. The first-order valence-electron chi connectivity index (χ1n) is 7.62. The van der Waals surface area contributed by atoms with Crippen LogP contribution in [0.15, 0.2) is 42.5 Å². The van der Waals surface area contributed by atoms with Crippen LogP contribution in [0.2, 0.25) is 0 Å². The molecule has 1 fully saturated rings. The number of rotatable bonds is 4. The maximum absolute atomic E-state index is 12.8. The molecule has 6 nitrogen and oxygen atoms in total. The van der Waals surface area contributed by atoms with Gasteiger partial charge in [0.05, 0.1) is 18.8 Å². The van der Waals surface area contributed by atoms with Crippen LogP contribution in [-0.2, 0) is 9.53 Å². The van der Waals surface area contributed by atoms with E-state index >= 15 is 0 Å². The first-order valence-corrected chi connectivity index (χ1v) is 7.62. The molecule has 2 aromatic rings. The summed E-state index contributed by atoms with van der Waals surface area (Å²) in [6, 6.07) is 10.9. The summed E-state index contributed by atoms with van der Waals surface area (Å²) in [6.45, 7) is 1.19. The van der Waals surface area contributed by atoms with Crippen molar-refractivity contribution in [3.8, 4) is 5.75 Å².